The van der Waals surface area contributed by atoms with Crippen molar-refractivity contribution in [3.05, 3.63) is 80.2 Å². The molecule has 3 rings (SSSR count). The zero-order chi connectivity index (χ0) is 16.6. The highest BCUT2D eigenvalue weighted by molar-refractivity contribution is 14.1. The summed E-state index contributed by atoms with van der Waals surface area (Å²) in [4.78, 5) is 11.7. The molecular weight excluding hydrogens is 407 g/mol. The van der Waals surface area contributed by atoms with Crippen LogP contribution in [-0.2, 0) is 0 Å². The lowest BCUT2D eigenvalue weighted by Gasteiger charge is -2.16. The lowest BCUT2D eigenvalue weighted by atomic mass is 9.90. The molecule has 1 N–H and O–H groups in total. The molecule has 5 heteroatoms. The van der Waals surface area contributed by atoms with Crippen LogP contribution in [0.4, 0.5) is 0 Å². The Labute approximate surface area is 147 Å². The number of carboxylic acids is 1. The van der Waals surface area contributed by atoms with Crippen molar-refractivity contribution in [1.29, 1.82) is 0 Å². The molecule has 0 amide bonds. The van der Waals surface area contributed by atoms with Crippen molar-refractivity contribution < 1.29 is 18.7 Å². The molecule has 3 aromatic rings. The smallest absolute Gasteiger partial charge is 0.336 e. The Morgan fingerprint density at radius 1 is 1.00 bits per heavy atom. The minimum Gasteiger partial charge on any atom is -0.478 e. The first-order valence-corrected chi connectivity index (χ1v) is 8.19. The van der Waals surface area contributed by atoms with Gasteiger partial charge in [-0.05, 0) is 78.4 Å². The Balaban J connectivity index is 2.22. The third kappa shape index (κ3) is 3.19. The van der Waals surface area contributed by atoms with E-state index >= 15 is 0 Å². The summed E-state index contributed by atoms with van der Waals surface area (Å²) in [7, 11) is 0. The van der Waals surface area contributed by atoms with E-state index in [0.29, 0.717) is 17.1 Å². The van der Waals surface area contributed by atoms with Gasteiger partial charge in [-0.3, -0.25) is 0 Å². The van der Waals surface area contributed by atoms with Crippen LogP contribution in [0.5, 0.6) is 0 Å². The van der Waals surface area contributed by atoms with Crippen molar-refractivity contribution in [2.75, 3.05) is 0 Å². The number of hydrogen-bond acceptors (Lipinski definition) is 3. The standard InChI is InChI=1S/C18H15IO4/c1-10-3-7-15(22-10)17(16-8-4-11(2)23-16)13-6-5-12(19)9-14(13)18(20)21/h3-9,17H,1-2H3,(H,20,21). The molecule has 2 heterocycles. The van der Waals surface area contributed by atoms with Crippen molar-refractivity contribution >= 4 is 28.6 Å². The van der Waals surface area contributed by atoms with Crippen LogP contribution < -0.4 is 0 Å². The van der Waals surface area contributed by atoms with Crippen LogP contribution in [-0.4, -0.2) is 11.1 Å². The summed E-state index contributed by atoms with van der Waals surface area (Å²) < 4.78 is 12.4. The number of halogens is 1. The third-order valence-electron chi connectivity index (χ3n) is 3.65. The molecule has 0 aliphatic heterocycles. The Kier molecular flexibility index (Phi) is 4.30. The fraction of sp³-hybridized carbons (Fsp3) is 0.167. The van der Waals surface area contributed by atoms with Gasteiger partial charge in [-0.15, -0.1) is 0 Å². The van der Waals surface area contributed by atoms with Crippen molar-refractivity contribution in [2.24, 2.45) is 0 Å². The molecule has 0 aliphatic carbocycles. The van der Waals surface area contributed by atoms with Crippen LogP contribution in [0.25, 0.3) is 0 Å². The SMILES string of the molecule is Cc1ccc(C(c2ccc(C)o2)c2ccc(I)cc2C(=O)O)o1. The first kappa shape index (κ1) is 15.9. The number of hydrogen-bond donors (Lipinski definition) is 1. The van der Waals surface area contributed by atoms with Crippen molar-refractivity contribution in [1.82, 2.24) is 0 Å². The van der Waals surface area contributed by atoms with Gasteiger partial charge in [-0.25, -0.2) is 4.79 Å². The van der Waals surface area contributed by atoms with E-state index in [9.17, 15) is 9.90 Å². The maximum atomic E-state index is 11.7. The quantitative estimate of drug-likeness (QED) is 0.603. The zero-order valence-corrected chi connectivity index (χ0v) is 14.8. The highest BCUT2D eigenvalue weighted by Gasteiger charge is 2.27. The normalized spacial score (nSPS) is 11.1. The van der Waals surface area contributed by atoms with Gasteiger partial charge >= 0.3 is 5.97 Å². The van der Waals surface area contributed by atoms with Gasteiger partial charge in [0, 0.05) is 3.57 Å². The Hall–Kier alpha value is -2.02. The van der Waals surface area contributed by atoms with Gasteiger partial charge in [0.05, 0.1) is 5.56 Å². The minimum absolute atomic E-state index is 0.255. The van der Waals surface area contributed by atoms with E-state index in [1.165, 1.54) is 0 Å². The first-order valence-electron chi connectivity index (χ1n) is 7.11. The molecule has 23 heavy (non-hydrogen) atoms. The highest BCUT2D eigenvalue weighted by Crippen LogP contribution is 2.36. The number of furan rings is 2. The molecule has 0 saturated heterocycles. The molecule has 0 aliphatic rings. The van der Waals surface area contributed by atoms with E-state index in [0.717, 1.165) is 15.1 Å². The second-order valence-electron chi connectivity index (χ2n) is 5.37. The molecule has 0 unspecified atom stereocenters. The summed E-state index contributed by atoms with van der Waals surface area (Å²) in [6.07, 6.45) is 0. The second-order valence-corrected chi connectivity index (χ2v) is 6.61. The predicted octanol–water partition coefficient (Wildman–Crippen LogP) is 4.97. The number of carboxylic acid groups (broad SMARTS) is 1. The highest BCUT2D eigenvalue weighted by atomic mass is 127. The monoisotopic (exact) mass is 422 g/mol. The summed E-state index contributed by atoms with van der Waals surface area (Å²) in [6, 6.07) is 12.8. The van der Waals surface area contributed by atoms with Crippen LogP contribution >= 0.6 is 22.6 Å². The molecule has 0 radical (unpaired) electrons. The van der Waals surface area contributed by atoms with Crippen LogP contribution in [0.15, 0.2) is 51.3 Å². The summed E-state index contributed by atoms with van der Waals surface area (Å²) in [5, 5.41) is 9.58. The molecule has 1 aromatic carbocycles. The Morgan fingerprint density at radius 3 is 2.00 bits per heavy atom. The maximum Gasteiger partial charge on any atom is 0.336 e. The summed E-state index contributed by atoms with van der Waals surface area (Å²) in [6.45, 7) is 3.72. The summed E-state index contributed by atoms with van der Waals surface area (Å²) >= 11 is 2.11. The number of rotatable bonds is 4. The predicted molar refractivity (Wildman–Crippen MR) is 94.0 cm³/mol. The molecular formula is C18H15IO4. The second kappa shape index (κ2) is 6.23. The van der Waals surface area contributed by atoms with Crippen molar-refractivity contribution in [3.8, 4) is 0 Å². The van der Waals surface area contributed by atoms with Crippen LogP contribution in [0.3, 0.4) is 0 Å². The average molecular weight is 422 g/mol. The van der Waals surface area contributed by atoms with Gasteiger partial charge in [-0.1, -0.05) is 6.07 Å². The van der Waals surface area contributed by atoms with Gasteiger partial charge in [0.1, 0.15) is 29.0 Å². The molecule has 0 bridgehead atoms. The van der Waals surface area contributed by atoms with Gasteiger partial charge in [-0.2, -0.15) is 0 Å². The molecule has 2 aromatic heterocycles. The Morgan fingerprint density at radius 2 is 1.57 bits per heavy atom. The average Bonchev–Trinajstić information content (AvgIpc) is 3.10. The van der Waals surface area contributed by atoms with Crippen LogP contribution in [0, 0.1) is 17.4 Å². The molecule has 118 valence electrons. The van der Waals surface area contributed by atoms with Crippen LogP contribution in [0.2, 0.25) is 0 Å². The minimum atomic E-state index is -0.963. The number of aryl methyl sites for hydroxylation is 2. The number of aromatic carboxylic acids is 1. The summed E-state index contributed by atoms with van der Waals surface area (Å²) in [5.41, 5.74) is 0.909. The van der Waals surface area contributed by atoms with Gasteiger partial charge < -0.3 is 13.9 Å². The number of benzene rings is 1. The molecule has 0 atom stereocenters. The molecule has 0 spiro atoms. The van der Waals surface area contributed by atoms with Gasteiger partial charge in [0.2, 0.25) is 0 Å². The van der Waals surface area contributed by atoms with Crippen molar-refractivity contribution in [3.63, 3.8) is 0 Å². The van der Waals surface area contributed by atoms with Gasteiger partial charge in [0.25, 0.3) is 0 Å². The lowest BCUT2D eigenvalue weighted by Crippen LogP contribution is -2.09. The third-order valence-corrected chi connectivity index (χ3v) is 4.32. The van der Waals surface area contributed by atoms with E-state index in [2.05, 4.69) is 22.6 Å². The van der Waals surface area contributed by atoms with Crippen LogP contribution in [0.1, 0.15) is 44.9 Å². The Bertz CT molecular complexity index is 819. The van der Waals surface area contributed by atoms with E-state index in [1.54, 1.807) is 6.07 Å². The fourth-order valence-electron chi connectivity index (χ4n) is 2.63. The van der Waals surface area contributed by atoms with E-state index < -0.39 is 5.97 Å². The summed E-state index contributed by atoms with van der Waals surface area (Å²) in [5.74, 6) is 1.53. The molecule has 0 saturated carbocycles. The fourth-order valence-corrected chi connectivity index (χ4v) is 3.12. The zero-order valence-electron chi connectivity index (χ0n) is 12.7. The first-order chi connectivity index (χ1) is 11.0. The van der Waals surface area contributed by atoms with E-state index in [1.807, 2.05) is 50.2 Å². The topological polar surface area (TPSA) is 63.6 Å². The van der Waals surface area contributed by atoms with Crippen molar-refractivity contribution in [2.45, 2.75) is 19.8 Å². The molecule has 4 nitrogen and oxygen atoms in total. The van der Waals surface area contributed by atoms with E-state index in [4.69, 9.17) is 8.83 Å². The van der Waals surface area contributed by atoms with Gasteiger partial charge in [0.15, 0.2) is 0 Å². The largest absolute Gasteiger partial charge is 0.478 e. The maximum absolute atomic E-state index is 11.7. The molecule has 0 fully saturated rings. The number of carbonyl (C=O) groups is 1. The lowest BCUT2D eigenvalue weighted by molar-refractivity contribution is 0.0695. The van der Waals surface area contributed by atoms with E-state index in [-0.39, 0.29) is 11.5 Å².